The molecule has 0 radical (unpaired) electrons. The van der Waals surface area contributed by atoms with E-state index in [1.807, 2.05) is 23.1 Å². The maximum atomic E-state index is 13.5. The maximum absolute atomic E-state index is 13.5. The molecule has 3 aromatic rings. The van der Waals surface area contributed by atoms with Crippen LogP contribution in [0.5, 0.6) is 5.88 Å². The number of benzene rings is 1. The molecule has 2 fully saturated rings. The summed E-state index contributed by atoms with van der Waals surface area (Å²) in [5.41, 5.74) is 1.00. The summed E-state index contributed by atoms with van der Waals surface area (Å²) < 4.78 is 34.1. The highest BCUT2D eigenvalue weighted by atomic mass is 32.1. The summed E-state index contributed by atoms with van der Waals surface area (Å²) in [4.78, 5) is 15.1. The van der Waals surface area contributed by atoms with Crippen molar-refractivity contribution >= 4 is 32.5 Å². The van der Waals surface area contributed by atoms with Gasteiger partial charge in [-0.15, -0.1) is 0 Å². The molecule has 152 valence electrons. The average molecular weight is 417 g/mol. The Bertz CT molecular complexity index is 964. The molecule has 5 rings (SSSR count). The number of hydrogen-bond acceptors (Lipinski definition) is 7. The normalized spacial score (nSPS) is 23.6. The lowest BCUT2D eigenvalue weighted by atomic mass is 9.89. The van der Waals surface area contributed by atoms with Crippen LogP contribution in [0, 0.1) is 0 Å². The van der Waals surface area contributed by atoms with Gasteiger partial charge in [-0.3, -0.25) is 0 Å². The van der Waals surface area contributed by atoms with Crippen molar-refractivity contribution in [3.05, 3.63) is 36.7 Å². The van der Waals surface area contributed by atoms with Gasteiger partial charge in [-0.05, 0) is 12.1 Å². The van der Waals surface area contributed by atoms with Gasteiger partial charge in [0.25, 0.3) is 11.8 Å². The molecular weight excluding hydrogens is 396 g/mol. The Hall–Kier alpha value is -2.55. The molecule has 1 saturated carbocycles. The van der Waals surface area contributed by atoms with E-state index in [0.717, 1.165) is 23.5 Å². The topological polar surface area (TPSA) is 63.2 Å². The van der Waals surface area contributed by atoms with E-state index in [0.29, 0.717) is 17.7 Å². The van der Waals surface area contributed by atoms with Gasteiger partial charge in [-0.2, -0.15) is 0 Å². The second-order valence-corrected chi connectivity index (χ2v) is 8.60. The zero-order chi connectivity index (χ0) is 19.8. The first-order valence-electron chi connectivity index (χ1n) is 9.78. The summed E-state index contributed by atoms with van der Waals surface area (Å²) in [7, 11) is 0. The average Bonchev–Trinajstić information content (AvgIpc) is 3.09. The highest BCUT2D eigenvalue weighted by molar-refractivity contribution is 7.22. The minimum atomic E-state index is -2.59. The molecule has 1 saturated heterocycles. The predicted molar refractivity (Wildman–Crippen MR) is 109 cm³/mol. The van der Waals surface area contributed by atoms with Gasteiger partial charge >= 0.3 is 0 Å². The molecule has 0 amide bonds. The monoisotopic (exact) mass is 417 g/mol. The van der Waals surface area contributed by atoms with Crippen molar-refractivity contribution in [2.24, 2.45) is 0 Å². The fourth-order valence-electron chi connectivity index (χ4n) is 3.71. The van der Waals surface area contributed by atoms with Crippen LogP contribution < -0.4 is 15.0 Å². The summed E-state index contributed by atoms with van der Waals surface area (Å²) in [5.74, 6) is -1.60. The molecule has 3 heterocycles. The van der Waals surface area contributed by atoms with Crippen LogP contribution in [0.4, 0.5) is 19.7 Å². The summed E-state index contributed by atoms with van der Waals surface area (Å²) in [6.45, 7) is 0.517. The molecule has 0 atom stereocenters. The van der Waals surface area contributed by atoms with Gasteiger partial charge in [0, 0.05) is 57.2 Å². The van der Waals surface area contributed by atoms with Gasteiger partial charge in [0.1, 0.15) is 6.10 Å². The number of halogens is 2. The second-order valence-electron chi connectivity index (χ2n) is 7.57. The van der Waals surface area contributed by atoms with Crippen LogP contribution in [-0.4, -0.2) is 46.1 Å². The number of aromatic nitrogens is 3. The Morgan fingerprint density at radius 2 is 1.86 bits per heavy atom. The number of rotatable bonds is 5. The van der Waals surface area contributed by atoms with Crippen LogP contribution in [0.25, 0.3) is 10.2 Å². The van der Waals surface area contributed by atoms with E-state index < -0.39 is 5.92 Å². The molecule has 0 unspecified atom stereocenters. The summed E-state index contributed by atoms with van der Waals surface area (Å²) in [5, 5.41) is 4.39. The molecule has 1 aromatic carbocycles. The standard InChI is InChI=1S/C20H21F2N5OS/c21-20(22)5-9-27(10-6-20)17-18(24-8-7-23-17)28-14-11-13(12-14)25-19-26-15-3-1-2-4-16(15)29-19/h1-4,7-8,13-14H,5-6,9-12H2,(H,25,26)/t13-,14+. The van der Waals surface area contributed by atoms with Crippen LogP contribution in [0.3, 0.4) is 0 Å². The fourth-order valence-corrected chi connectivity index (χ4v) is 4.65. The quantitative estimate of drug-likeness (QED) is 0.666. The predicted octanol–water partition coefficient (Wildman–Crippen LogP) is 4.34. The first-order chi connectivity index (χ1) is 14.1. The highest BCUT2D eigenvalue weighted by Crippen LogP contribution is 2.36. The molecule has 1 N–H and O–H groups in total. The highest BCUT2D eigenvalue weighted by Gasteiger charge is 2.37. The van der Waals surface area contributed by atoms with E-state index in [4.69, 9.17) is 4.74 Å². The minimum Gasteiger partial charge on any atom is -0.472 e. The Kier molecular flexibility index (Phi) is 4.69. The van der Waals surface area contributed by atoms with Crippen LogP contribution in [-0.2, 0) is 0 Å². The third-order valence-corrected chi connectivity index (χ3v) is 6.40. The molecule has 29 heavy (non-hydrogen) atoms. The number of thiazole rings is 1. The van der Waals surface area contributed by atoms with Crippen molar-refractivity contribution in [1.29, 1.82) is 0 Å². The smallest absolute Gasteiger partial charge is 0.257 e. The number of para-hydroxylation sites is 1. The lowest BCUT2D eigenvalue weighted by Crippen LogP contribution is -2.43. The SMILES string of the molecule is FC1(F)CCN(c2nccnc2O[C@H]2C[C@@H](Nc3nc4ccccc4s3)C2)CC1. The molecule has 2 aromatic heterocycles. The van der Waals surface area contributed by atoms with Gasteiger partial charge < -0.3 is 15.0 Å². The molecule has 6 nitrogen and oxygen atoms in total. The van der Waals surface area contributed by atoms with E-state index in [1.54, 1.807) is 23.7 Å². The number of alkyl halides is 2. The van der Waals surface area contributed by atoms with Crippen LogP contribution in [0.2, 0.25) is 0 Å². The van der Waals surface area contributed by atoms with Gasteiger partial charge in [0.2, 0.25) is 0 Å². The number of ether oxygens (including phenoxy) is 1. The second kappa shape index (κ2) is 7.37. The molecule has 0 bridgehead atoms. The van der Waals surface area contributed by atoms with Gasteiger partial charge in [0.05, 0.1) is 10.2 Å². The number of anilines is 2. The Balaban J connectivity index is 1.18. The lowest BCUT2D eigenvalue weighted by Gasteiger charge is -2.37. The first kappa shape index (κ1) is 18.5. The van der Waals surface area contributed by atoms with E-state index in [9.17, 15) is 8.78 Å². The molecule has 9 heteroatoms. The van der Waals surface area contributed by atoms with Gasteiger partial charge in [-0.1, -0.05) is 23.5 Å². The van der Waals surface area contributed by atoms with Crippen LogP contribution in [0.1, 0.15) is 25.7 Å². The molecule has 0 spiro atoms. The van der Waals surface area contributed by atoms with Crippen molar-refractivity contribution in [1.82, 2.24) is 15.0 Å². The summed E-state index contributed by atoms with van der Waals surface area (Å²) in [6, 6.07) is 8.38. The number of piperidine rings is 1. The maximum Gasteiger partial charge on any atom is 0.257 e. The van der Waals surface area contributed by atoms with Crippen LogP contribution in [0.15, 0.2) is 36.7 Å². The number of hydrogen-bond donors (Lipinski definition) is 1. The third kappa shape index (κ3) is 3.96. The van der Waals surface area contributed by atoms with Crippen molar-refractivity contribution in [3.63, 3.8) is 0 Å². The van der Waals surface area contributed by atoms with Crippen molar-refractivity contribution in [3.8, 4) is 5.88 Å². The Morgan fingerprint density at radius 1 is 1.10 bits per heavy atom. The largest absolute Gasteiger partial charge is 0.472 e. The van der Waals surface area contributed by atoms with E-state index in [2.05, 4.69) is 26.3 Å². The van der Waals surface area contributed by atoms with E-state index >= 15 is 0 Å². The Labute approximate surface area is 170 Å². The van der Waals surface area contributed by atoms with Gasteiger partial charge in [-0.25, -0.2) is 23.7 Å². The lowest BCUT2D eigenvalue weighted by molar-refractivity contribution is -0.0223. The first-order valence-corrected chi connectivity index (χ1v) is 10.6. The van der Waals surface area contributed by atoms with E-state index in [-0.39, 0.29) is 32.0 Å². The molecular formula is C20H21F2N5OS. The van der Waals surface area contributed by atoms with Crippen molar-refractivity contribution in [2.45, 2.75) is 43.8 Å². The summed E-state index contributed by atoms with van der Waals surface area (Å²) in [6.07, 6.45) is 4.53. The zero-order valence-corrected chi connectivity index (χ0v) is 16.5. The number of nitrogens with zero attached hydrogens (tertiary/aromatic N) is 4. The molecule has 1 aliphatic heterocycles. The fraction of sp³-hybridized carbons (Fsp3) is 0.450. The third-order valence-electron chi connectivity index (χ3n) is 5.44. The molecule has 1 aliphatic carbocycles. The Morgan fingerprint density at radius 3 is 2.66 bits per heavy atom. The number of nitrogens with one attached hydrogen (secondary N) is 1. The van der Waals surface area contributed by atoms with Gasteiger partial charge in [0.15, 0.2) is 10.9 Å². The van der Waals surface area contributed by atoms with Crippen molar-refractivity contribution in [2.75, 3.05) is 23.3 Å². The van der Waals surface area contributed by atoms with Crippen LogP contribution >= 0.6 is 11.3 Å². The molecule has 2 aliphatic rings. The summed E-state index contributed by atoms with van der Waals surface area (Å²) >= 11 is 1.65. The van der Waals surface area contributed by atoms with E-state index in [1.165, 1.54) is 4.70 Å². The number of fused-ring (bicyclic) bond motifs is 1. The van der Waals surface area contributed by atoms with Crippen molar-refractivity contribution < 1.29 is 13.5 Å². The minimum absolute atomic E-state index is 0.0311. The zero-order valence-electron chi connectivity index (χ0n) is 15.7.